The van der Waals surface area contributed by atoms with Gasteiger partial charge in [-0.05, 0) is 51.4 Å². The predicted molar refractivity (Wildman–Crippen MR) is 99.1 cm³/mol. The largest absolute Gasteiger partial charge is 0.492 e. The summed E-state index contributed by atoms with van der Waals surface area (Å²) in [5.41, 5.74) is 0. The van der Waals surface area contributed by atoms with Crippen LogP contribution in [0, 0.1) is 0 Å². The van der Waals surface area contributed by atoms with Crippen LogP contribution in [0.5, 0.6) is 5.75 Å². The Kier molecular flexibility index (Phi) is 7.20. The summed E-state index contributed by atoms with van der Waals surface area (Å²) >= 11 is 11.9. The highest BCUT2D eigenvalue weighted by atomic mass is 35.5. The van der Waals surface area contributed by atoms with Gasteiger partial charge >= 0.3 is 0 Å². The summed E-state index contributed by atoms with van der Waals surface area (Å²) in [6.45, 7) is 3.72. The second kappa shape index (κ2) is 8.93. The van der Waals surface area contributed by atoms with Crippen LogP contribution < -0.4 is 4.74 Å². The number of halogens is 2. The third-order valence-electron chi connectivity index (χ3n) is 4.81. The SMILES string of the molecule is C[C@@H]1C[C@H](N(C)C(=O)CCCOc2ccc(Cl)cc2Cl)CCN1C. The summed E-state index contributed by atoms with van der Waals surface area (Å²) in [7, 11) is 4.06. The smallest absolute Gasteiger partial charge is 0.222 e. The number of likely N-dealkylation sites (tertiary alicyclic amines) is 1. The molecular weight excluding hydrogens is 347 g/mol. The zero-order valence-corrected chi connectivity index (χ0v) is 16.1. The topological polar surface area (TPSA) is 32.8 Å². The first-order chi connectivity index (χ1) is 11.4. The van der Waals surface area contributed by atoms with Crippen LogP contribution in [0.25, 0.3) is 0 Å². The van der Waals surface area contributed by atoms with Gasteiger partial charge in [0.1, 0.15) is 5.75 Å². The molecule has 1 heterocycles. The number of carbonyl (C=O) groups is 1. The third kappa shape index (κ3) is 5.27. The second-order valence-corrected chi connectivity index (χ2v) is 7.38. The van der Waals surface area contributed by atoms with Crippen molar-refractivity contribution in [3.8, 4) is 5.75 Å². The average Bonchev–Trinajstić information content (AvgIpc) is 2.54. The lowest BCUT2D eigenvalue weighted by molar-refractivity contribution is -0.133. The number of amides is 1. The standard InChI is InChI=1S/C18H26Cl2N2O2/c1-13-11-15(8-9-21(13)2)22(3)18(23)5-4-10-24-17-7-6-14(19)12-16(17)20/h6-7,12-13,15H,4-5,8-11H2,1-3H3/t13-,15-/m1/s1. The molecule has 0 unspecified atom stereocenters. The summed E-state index contributed by atoms with van der Waals surface area (Å²) in [6.07, 6.45) is 3.24. The van der Waals surface area contributed by atoms with Gasteiger partial charge < -0.3 is 14.5 Å². The van der Waals surface area contributed by atoms with Gasteiger partial charge in [-0.15, -0.1) is 0 Å². The van der Waals surface area contributed by atoms with E-state index in [0.717, 1.165) is 19.4 Å². The van der Waals surface area contributed by atoms with E-state index >= 15 is 0 Å². The summed E-state index contributed by atoms with van der Waals surface area (Å²) in [4.78, 5) is 16.6. The van der Waals surface area contributed by atoms with Gasteiger partial charge in [0.15, 0.2) is 0 Å². The fourth-order valence-electron chi connectivity index (χ4n) is 2.99. The number of piperidine rings is 1. The first-order valence-electron chi connectivity index (χ1n) is 8.42. The van der Waals surface area contributed by atoms with Gasteiger partial charge in [0.25, 0.3) is 0 Å². The quantitative estimate of drug-likeness (QED) is 0.704. The first-order valence-corrected chi connectivity index (χ1v) is 9.18. The summed E-state index contributed by atoms with van der Waals surface area (Å²) in [5, 5.41) is 1.07. The van der Waals surface area contributed by atoms with Crippen LogP contribution in [0.15, 0.2) is 18.2 Å². The lowest BCUT2D eigenvalue weighted by atomic mass is 9.97. The Morgan fingerprint density at radius 1 is 1.42 bits per heavy atom. The monoisotopic (exact) mass is 372 g/mol. The number of rotatable bonds is 6. The van der Waals surface area contributed by atoms with E-state index in [4.69, 9.17) is 27.9 Å². The molecule has 0 N–H and O–H groups in total. The first kappa shape index (κ1) is 19.4. The lowest BCUT2D eigenvalue weighted by Gasteiger charge is -2.39. The van der Waals surface area contributed by atoms with Gasteiger partial charge in [0, 0.05) is 37.1 Å². The molecule has 0 bridgehead atoms. The van der Waals surface area contributed by atoms with Crippen LogP contribution in [0.2, 0.25) is 10.0 Å². The molecule has 1 fully saturated rings. The zero-order chi connectivity index (χ0) is 17.7. The molecule has 24 heavy (non-hydrogen) atoms. The minimum Gasteiger partial charge on any atom is -0.492 e. The molecule has 1 amide bonds. The Morgan fingerprint density at radius 2 is 2.17 bits per heavy atom. The number of carbonyl (C=O) groups excluding carboxylic acids is 1. The average molecular weight is 373 g/mol. The zero-order valence-electron chi connectivity index (χ0n) is 14.6. The van der Waals surface area contributed by atoms with E-state index in [9.17, 15) is 4.79 Å². The van der Waals surface area contributed by atoms with Crippen molar-refractivity contribution < 1.29 is 9.53 Å². The van der Waals surface area contributed by atoms with E-state index in [1.807, 2.05) is 11.9 Å². The molecule has 4 nitrogen and oxygen atoms in total. The Bertz CT molecular complexity index is 568. The second-order valence-electron chi connectivity index (χ2n) is 6.54. The molecule has 0 aliphatic carbocycles. The predicted octanol–water partition coefficient (Wildman–Crippen LogP) is 4.09. The Morgan fingerprint density at radius 3 is 2.83 bits per heavy atom. The molecule has 0 aromatic heterocycles. The number of benzene rings is 1. The van der Waals surface area contributed by atoms with Crippen molar-refractivity contribution in [1.82, 2.24) is 9.80 Å². The summed E-state index contributed by atoms with van der Waals surface area (Å²) in [6, 6.07) is 6.00. The molecule has 0 radical (unpaired) electrons. The van der Waals surface area contributed by atoms with Crippen molar-refractivity contribution in [3.63, 3.8) is 0 Å². The molecule has 1 saturated heterocycles. The van der Waals surface area contributed by atoms with Crippen LogP contribution in [-0.2, 0) is 4.79 Å². The van der Waals surface area contributed by atoms with Crippen LogP contribution in [0.4, 0.5) is 0 Å². The van der Waals surface area contributed by atoms with Gasteiger partial charge in [-0.2, -0.15) is 0 Å². The van der Waals surface area contributed by atoms with Crippen molar-refractivity contribution in [2.45, 2.75) is 44.7 Å². The molecule has 1 aliphatic heterocycles. The van der Waals surface area contributed by atoms with Crippen LogP contribution in [-0.4, -0.2) is 55.0 Å². The van der Waals surface area contributed by atoms with Crippen molar-refractivity contribution >= 4 is 29.1 Å². The molecular formula is C18H26Cl2N2O2. The number of hydrogen-bond donors (Lipinski definition) is 0. The van der Waals surface area contributed by atoms with Crippen molar-refractivity contribution in [2.75, 3.05) is 27.2 Å². The molecule has 0 spiro atoms. The Hall–Kier alpha value is -0.970. The van der Waals surface area contributed by atoms with Crippen molar-refractivity contribution in [1.29, 1.82) is 0 Å². The van der Waals surface area contributed by atoms with Crippen LogP contribution in [0.3, 0.4) is 0 Å². The van der Waals surface area contributed by atoms with Gasteiger partial charge in [-0.25, -0.2) is 0 Å². The summed E-state index contributed by atoms with van der Waals surface area (Å²) < 4.78 is 5.63. The molecule has 2 atom stereocenters. The minimum atomic E-state index is 0.183. The molecule has 6 heteroatoms. The molecule has 1 aromatic carbocycles. The summed E-state index contributed by atoms with van der Waals surface area (Å²) in [5.74, 6) is 0.786. The highest BCUT2D eigenvalue weighted by Crippen LogP contribution is 2.27. The Balaban J connectivity index is 1.72. The number of ether oxygens (including phenoxy) is 1. The normalized spacial score (nSPS) is 21.5. The maximum absolute atomic E-state index is 12.4. The van der Waals surface area contributed by atoms with E-state index in [-0.39, 0.29) is 5.91 Å². The molecule has 134 valence electrons. The highest BCUT2D eigenvalue weighted by molar-refractivity contribution is 6.35. The van der Waals surface area contributed by atoms with Gasteiger partial charge in [0.2, 0.25) is 5.91 Å². The molecule has 2 rings (SSSR count). The van der Waals surface area contributed by atoms with Crippen LogP contribution >= 0.6 is 23.2 Å². The van der Waals surface area contributed by atoms with Gasteiger partial charge in [-0.3, -0.25) is 4.79 Å². The maximum atomic E-state index is 12.4. The van der Waals surface area contributed by atoms with E-state index in [1.165, 1.54) is 0 Å². The van der Waals surface area contributed by atoms with Gasteiger partial charge in [0.05, 0.1) is 11.6 Å². The third-order valence-corrected chi connectivity index (χ3v) is 5.34. The highest BCUT2D eigenvalue weighted by Gasteiger charge is 2.27. The minimum absolute atomic E-state index is 0.183. The van der Waals surface area contributed by atoms with Crippen molar-refractivity contribution in [2.24, 2.45) is 0 Å². The molecule has 1 aliphatic rings. The van der Waals surface area contributed by atoms with Crippen LogP contribution in [0.1, 0.15) is 32.6 Å². The van der Waals surface area contributed by atoms with Crippen molar-refractivity contribution in [3.05, 3.63) is 28.2 Å². The molecule has 1 aromatic rings. The lowest BCUT2D eigenvalue weighted by Crippen LogP contribution is -2.48. The fraction of sp³-hybridized carbons (Fsp3) is 0.611. The number of nitrogens with zero attached hydrogens (tertiary/aromatic N) is 2. The maximum Gasteiger partial charge on any atom is 0.222 e. The van der Waals surface area contributed by atoms with E-state index in [0.29, 0.717) is 47.3 Å². The van der Waals surface area contributed by atoms with E-state index in [1.54, 1.807) is 18.2 Å². The number of hydrogen-bond acceptors (Lipinski definition) is 3. The fourth-order valence-corrected chi connectivity index (χ4v) is 3.46. The van der Waals surface area contributed by atoms with E-state index < -0.39 is 0 Å². The van der Waals surface area contributed by atoms with Gasteiger partial charge in [-0.1, -0.05) is 23.2 Å². The molecule has 0 saturated carbocycles. The van der Waals surface area contributed by atoms with E-state index in [2.05, 4.69) is 18.9 Å². The Labute approximate surface area is 154 Å².